The Morgan fingerprint density at radius 1 is 1.25 bits per heavy atom. The fraction of sp³-hybridized carbons (Fsp3) is 0.727. The Hall–Kier alpha value is -0.805. The number of likely N-dealkylation sites (tertiary alicyclic amines) is 1. The normalized spacial score (nSPS) is 24.5. The van der Waals surface area contributed by atoms with Gasteiger partial charge in [0.15, 0.2) is 0 Å². The van der Waals surface area contributed by atoms with Gasteiger partial charge in [-0.2, -0.15) is 5.10 Å². The molecule has 4 nitrogen and oxygen atoms in total. The molecule has 86 valence electrons. The van der Waals surface area contributed by atoms with E-state index in [1.54, 1.807) is 0 Å². The first-order valence-corrected chi connectivity index (χ1v) is 6.15. The van der Waals surface area contributed by atoms with Crippen molar-refractivity contribution < 1.29 is 4.74 Å². The highest BCUT2D eigenvalue weighted by Gasteiger charge is 2.34. The summed E-state index contributed by atoms with van der Waals surface area (Å²) in [6, 6.07) is 1.35. The highest BCUT2D eigenvalue weighted by Crippen LogP contribution is 2.26. The Bertz CT molecular complexity index is 356. The first kappa shape index (κ1) is 10.4. The van der Waals surface area contributed by atoms with Crippen LogP contribution >= 0.6 is 0 Å². The van der Waals surface area contributed by atoms with E-state index >= 15 is 0 Å². The lowest BCUT2D eigenvalue weighted by Gasteiger charge is -2.45. The SMILES string of the molecule is Bc1cnn(C2CN(C3CCOCC3)C2)c1. The second-order valence-corrected chi connectivity index (χ2v) is 4.95. The van der Waals surface area contributed by atoms with Gasteiger partial charge in [0.25, 0.3) is 0 Å². The topological polar surface area (TPSA) is 30.3 Å². The summed E-state index contributed by atoms with van der Waals surface area (Å²) >= 11 is 0. The van der Waals surface area contributed by atoms with Gasteiger partial charge in [0.05, 0.1) is 6.04 Å². The zero-order valence-electron chi connectivity index (χ0n) is 9.80. The molecule has 2 saturated heterocycles. The van der Waals surface area contributed by atoms with Crippen molar-refractivity contribution in [2.24, 2.45) is 0 Å². The van der Waals surface area contributed by atoms with Crippen LogP contribution in [0.25, 0.3) is 0 Å². The molecule has 0 unspecified atom stereocenters. The smallest absolute Gasteiger partial charge is 0.143 e. The summed E-state index contributed by atoms with van der Waals surface area (Å²) < 4.78 is 7.51. The lowest BCUT2D eigenvalue weighted by atomic mass is 9.99. The molecule has 1 aromatic rings. The second-order valence-electron chi connectivity index (χ2n) is 4.95. The molecule has 0 aromatic carbocycles. The first-order valence-electron chi connectivity index (χ1n) is 6.15. The van der Waals surface area contributed by atoms with E-state index in [2.05, 4.69) is 28.7 Å². The lowest BCUT2D eigenvalue weighted by molar-refractivity contribution is -0.0138. The van der Waals surface area contributed by atoms with Gasteiger partial charge in [-0.25, -0.2) is 0 Å². The highest BCUT2D eigenvalue weighted by atomic mass is 16.5. The molecule has 0 atom stereocenters. The molecule has 0 spiro atoms. The summed E-state index contributed by atoms with van der Waals surface area (Å²) in [5.74, 6) is 0. The number of ether oxygens (including phenoxy) is 1. The highest BCUT2D eigenvalue weighted by molar-refractivity contribution is 6.31. The molecule has 0 aliphatic carbocycles. The minimum Gasteiger partial charge on any atom is -0.381 e. The monoisotopic (exact) mass is 219 g/mol. The van der Waals surface area contributed by atoms with Gasteiger partial charge in [-0.05, 0) is 12.8 Å². The van der Waals surface area contributed by atoms with E-state index in [-0.39, 0.29) is 0 Å². The van der Waals surface area contributed by atoms with E-state index in [1.807, 2.05) is 6.20 Å². The Labute approximate surface area is 97.0 Å². The van der Waals surface area contributed by atoms with Crippen molar-refractivity contribution in [3.05, 3.63) is 12.4 Å². The predicted octanol–water partition coefficient (Wildman–Crippen LogP) is -0.823. The third-order valence-corrected chi connectivity index (χ3v) is 3.70. The van der Waals surface area contributed by atoms with Crippen molar-refractivity contribution in [2.45, 2.75) is 24.9 Å². The molecule has 0 N–H and O–H groups in total. The van der Waals surface area contributed by atoms with Gasteiger partial charge >= 0.3 is 0 Å². The molecular formula is C11H18BN3O. The average molecular weight is 219 g/mol. The molecular weight excluding hydrogens is 201 g/mol. The van der Waals surface area contributed by atoms with Crippen LogP contribution in [0.15, 0.2) is 12.4 Å². The van der Waals surface area contributed by atoms with Gasteiger partial charge in [0.2, 0.25) is 0 Å². The summed E-state index contributed by atoms with van der Waals surface area (Å²) in [6.07, 6.45) is 6.48. The van der Waals surface area contributed by atoms with Crippen LogP contribution in [-0.4, -0.2) is 54.9 Å². The summed E-state index contributed by atoms with van der Waals surface area (Å²) in [5, 5.41) is 4.38. The number of hydrogen-bond donors (Lipinski definition) is 0. The Balaban J connectivity index is 1.54. The van der Waals surface area contributed by atoms with Crippen molar-refractivity contribution in [1.82, 2.24) is 14.7 Å². The van der Waals surface area contributed by atoms with Crippen LogP contribution in [-0.2, 0) is 4.74 Å². The number of nitrogens with zero attached hydrogens (tertiary/aromatic N) is 3. The quantitative estimate of drug-likeness (QED) is 0.608. The van der Waals surface area contributed by atoms with Gasteiger partial charge < -0.3 is 4.74 Å². The first-order chi connectivity index (χ1) is 7.83. The average Bonchev–Trinajstić information content (AvgIpc) is 2.64. The van der Waals surface area contributed by atoms with Crippen molar-refractivity contribution in [2.75, 3.05) is 26.3 Å². The summed E-state index contributed by atoms with van der Waals surface area (Å²) in [6.45, 7) is 4.19. The number of aromatic nitrogens is 2. The molecule has 2 fully saturated rings. The Morgan fingerprint density at radius 3 is 2.62 bits per heavy atom. The van der Waals surface area contributed by atoms with Gasteiger partial charge in [0, 0.05) is 44.7 Å². The minimum atomic E-state index is 0.594. The Morgan fingerprint density at radius 2 is 2.00 bits per heavy atom. The molecule has 3 heterocycles. The van der Waals surface area contributed by atoms with Gasteiger partial charge in [-0.15, -0.1) is 0 Å². The van der Waals surface area contributed by atoms with Crippen LogP contribution in [0.5, 0.6) is 0 Å². The van der Waals surface area contributed by atoms with Crippen molar-refractivity contribution in [3.8, 4) is 0 Å². The third kappa shape index (κ3) is 1.89. The summed E-state index contributed by atoms with van der Waals surface area (Å²) in [7, 11) is 2.10. The van der Waals surface area contributed by atoms with E-state index in [0.29, 0.717) is 6.04 Å². The molecule has 0 amide bonds. The molecule has 2 aliphatic heterocycles. The fourth-order valence-electron chi connectivity index (χ4n) is 2.64. The molecule has 3 rings (SSSR count). The lowest BCUT2D eigenvalue weighted by Crippen LogP contribution is -2.54. The van der Waals surface area contributed by atoms with E-state index in [1.165, 1.54) is 18.3 Å². The zero-order valence-corrected chi connectivity index (χ0v) is 9.80. The van der Waals surface area contributed by atoms with Crippen molar-refractivity contribution in [3.63, 3.8) is 0 Å². The van der Waals surface area contributed by atoms with Gasteiger partial charge in [0.1, 0.15) is 7.85 Å². The van der Waals surface area contributed by atoms with Crippen LogP contribution in [0.2, 0.25) is 0 Å². The van der Waals surface area contributed by atoms with E-state index < -0.39 is 0 Å². The molecule has 16 heavy (non-hydrogen) atoms. The molecule has 0 saturated carbocycles. The standard InChI is InChI=1S/C11H18BN3O/c12-9-5-13-15(6-9)11-7-14(8-11)10-1-3-16-4-2-10/h5-6,10-11H,1-4,7-8,12H2. The molecule has 1 aromatic heterocycles. The van der Waals surface area contributed by atoms with Crippen LogP contribution in [0.3, 0.4) is 0 Å². The molecule has 0 bridgehead atoms. The van der Waals surface area contributed by atoms with Crippen molar-refractivity contribution >= 4 is 13.3 Å². The molecule has 5 heteroatoms. The molecule has 0 radical (unpaired) electrons. The third-order valence-electron chi connectivity index (χ3n) is 3.70. The number of rotatable bonds is 2. The maximum absolute atomic E-state index is 5.39. The number of hydrogen-bond acceptors (Lipinski definition) is 3. The summed E-state index contributed by atoms with van der Waals surface area (Å²) in [5.41, 5.74) is 1.25. The maximum Gasteiger partial charge on any atom is 0.143 e. The Kier molecular flexibility index (Phi) is 2.73. The van der Waals surface area contributed by atoms with Crippen LogP contribution in [0, 0.1) is 0 Å². The largest absolute Gasteiger partial charge is 0.381 e. The fourth-order valence-corrected chi connectivity index (χ4v) is 2.64. The zero-order chi connectivity index (χ0) is 11.0. The van der Waals surface area contributed by atoms with Crippen LogP contribution in [0.4, 0.5) is 0 Å². The van der Waals surface area contributed by atoms with Gasteiger partial charge in [-0.3, -0.25) is 9.58 Å². The maximum atomic E-state index is 5.39. The van der Waals surface area contributed by atoms with E-state index in [0.717, 1.165) is 32.3 Å². The van der Waals surface area contributed by atoms with E-state index in [9.17, 15) is 0 Å². The minimum absolute atomic E-state index is 0.594. The van der Waals surface area contributed by atoms with E-state index in [4.69, 9.17) is 4.74 Å². The van der Waals surface area contributed by atoms with Crippen LogP contribution < -0.4 is 5.46 Å². The van der Waals surface area contributed by atoms with Crippen molar-refractivity contribution in [1.29, 1.82) is 0 Å². The van der Waals surface area contributed by atoms with Gasteiger partial charge in [-0.1, -0.05) is 5.46 Å². The second kappa shape index (κ2) is 4.22. The summed E-state index contributed by atoms with van der Waals surface area (Å²) in [4.78, 5) is 2.57. The van der Waals surface area contributed by atoms with Crippen LogP contribution in [0.1, 0.15) is 18.9 Å². The predicted molar refractivity (Wildman–Crippen MR) is 64.9 cm³/mol. The molecule has 2 aliphatic rings.